The number of aromatic nitrogens is 2. The van der Waals surface area contributed by atoms with Crippen molar-refractivity contribution in [2.45, 2.75) is 4.90 Å². The molecule has 105 valence electrons. The van der Waals surface area contributed by atoms with E-state index in [0.717, 1.165) is 16.9 Å². The fourth-order valence-electron chi connectivity index (χ4n) is 2.05. The van der Waals surface area contributed by atoms with E-state index in [-0.39, 0.29) is 4.90 Å². The molecule has 1 radical (unpaired) electrons. The van der Waals surface area contributed by atoms with Gasteiger partial charge in [-0.25, -0.2) is 18.2 Å². The Kier molecular flexibility index (Phi) is 3.32. The molecule has 5 nitrogen and oxygen atoms in total. The second-order valence-electron chi connectivity index (χ2n) is 4.48. The van der Waals surface area contributed by atoms with Gasteiger partial charge in [0, 0.05) is 5.56 Å². The highest BCUT2D eigenvalue weighted by atomic mass is 32.2. The molecular weight excluding hydrogens is 286 g/mol. The molecule has 2 N–H and O–H groups in total. The predicted molar refractivity (Wildman–Crippen MR) is 79.2 cm³/mol. The molecule has 1 aromatic heterocycles. The van der Waals surface area contributed by atoms with Crippen LogP contribution in [-0.2, 0) is 10.0 Å². The van der Waals surface area contributed by atoms with Crippen LogP contribution >= 0.6 is 0 Å². The van der Waals surface area contributed by atoms with Crippen LogP contribution in [0.2, 0.25) is 0 Å². The van der Waals surface area contributed by atoms with Crippen molar-refractivity contribution in [2.24, 2.45) is 5.14 Å². The molecule has 3 aromatic rings. The molecule has 0 atom stereocenters. The summed E-state index contributed by atoms with van der Waals surface area (Å²) in [5, 5.41) is 9.26. The highest BCUT2D eigenvalue weighted by Gasteiger charge is 2.10. The maximum Gasteiger partial charge on any atom is 0.238 e. The maximum absolute atomic E-state index is 11.3. The third-order valence-corrected chi connectivity index (χ3v) is 4.00. The summed E-state index contributed by atoms with van der Waals surface area (Å²) in [6.45, 7) is 0. The molecule has 2 aromatic carbocycles. The minimum atomic E-state index is -3.69. The van der Waals surface area contributed by atoms with Crippen LogP contribution in [0, 0.1) is 6.20 Å². The lowest BCUT2D eigenvalue weighted by Gasteiger charge is -2.08. The topological polar surface area (TPSA) is 78.0 Å². The molecule has 0 fully saturated rings. The molecule has 3 rings (SSSR count). The normalized spacial score (nSPS) is 11.5. The lowest BCUT2D eigenvalue weighted by molar-refractivity contribution is 0.598. The summed E-state index contributed by atoms with van der Waals surface area (Å²) in [5.74, 6) is 0. The molecule has 21 heavy (non-hydrogen) atoms. The van der Waals surface area contributed by atoms with E-state index in [9.17, 15) is 8.42 Å². The molecule has 0 aliphatic rings. The van der Waals surface area contributed by atoms with Gasteiger partial charge in [0.15, 0.2) is 0 Å². The van der Waals surface area contributed by atoms with Crippen LogP contribution in [0.25, 0.3) is 16.9 Å². The van der Waals surface area contributed by atoms with E-state index in [4.69, 9.17) is 5.14 Å². The summed E-state index contributed by atoms with van der Waals surface area (Å²) in [5.41, 5.74) is 2.61. The SMILES string of the molecule is NS(=O)(=O)c1ccc(-n2n[c]cc2-c2ccccc2)cc1. The second kappa shape index (κ2) is 5.16. The first-order valence-electron chi connectivity index (χ1n) is 6.20. The average molecular weight is 298 g/mol. The first-order chi connectivity index (χ1) is 10.1. The fourth-order valence-corrected chi connectivity index (χ4v) is 2.57. The standard InChI is InChI=1S/C15H12N3O2S/c16-21(19,20)14-8-6-13(7-9-14)18-15(10-11-17-18)12-4-2-1-3-5-12/h1-10H,(H2,16,19,20). The van der Waals surface area contributed by atoms with E-state index < -0.39 is 10.0 Å². The third kappa shape index (κ3) is 2.72. The zero-order chi connectivity index (χ0) is 14.9. The summed E-state index contributed by atoms with van der Waals surface area (Å²) >= 11 is 0. The van der Waals surface area contributed by atoms with Gasteiger partial charge in [0.2, 0.25) is 10.0 Å². The smallest absolute Gasteiger partial charge is 0.232 e. The number of rotatable bonds is 3. The van der Waals surface area contributed by atoms with Gasteiger partial charge in [0.25, 0.3) is 0 Å². The lowest BCUT2D eigenvalue weighted by Crippen LogP contribution is -2.12. The molecular formula is C15H12N3O2S. The number of hydrogen-bond donors (Lipinski definition) is 1. The molecule has 0 saturated carbocycles. The minimum absolute atomic E-state index is 0.0728. The van der Waals surface area contributed by atoms with Crippen molar-refractivity contribution in [1.29, 1.82) is 0 Å². The van der Waals surface area contributed by atoms with Crippen molar-refractivity contribution in [1.82, 2.24) is 9.78 Å². The van der Waals surface area contributed by atoms with Gasteiger partial charge in [-0.3, -0.25) is 0 Å². The monoisotopic (exact) mass is 298 g/mol. The summed E-state index contributed by atoms with van der Waals surface area (Å²) in [6.07, 6.45) is 2.81. The van der Waals surface area contributed by atoms with E-state index in [1.54, 1.807) is 22.9 Å². The molecule has 6 heteroatoms. The van der Waals surface area contributed by atoms with Gasteiger partial charge in [-0.05, 0) is 30.3 Å². The Morgan fingerprint density at radius 3 is 2.29 bits per heavy atom. The van der Waals surface area contributed by atoms with Crippen LogP contribution in [0.3, 0.4) is 0 Å². The van der Waals surface area contributed by atoms with Crippen molar-refractivity contribution in [3.63, 3.8) is 0 Å². The Morgan fingerprint density at radius 2 is 1.67 bits per heavy atom. The van der Waals surface area contributed by atoms with Crippen LogP contribution in [0.4, 0.5) is 0 Å². The van der Waals surface area contributed by atoms with Crippen molar-refractivity contribution in [3.05, 3.63) is 66.9 Å². The fraction of sp³-hybridized carbons (Fsp3) is 0. The van der Waals surface area contributed by atoms with Crippen molar-refractivity contribution >= 4 is 10.0 Å². The Balaban J connectivity index is 2.05. The van der Waals surface area contributed by atoms with E-state index in [0.29, 0.717) is 0 Å². The summed E-state index contributed by atoms with van der Waals surface area (Å²) in [6, 6.07) is 17.8. The van der Waals surface area contributed by atoms with Crippen molar-refractivity contribution < 1.29 is 8.42 Å². The molecule has 0 spiro atoms. The van der Waals surface area contributed by atoms with Gasteiger partial charge in [-0.2, -0.15) is 5.10 Å². The largest absolute Gasteiger partial charge is 0.238 e. The highest BCUT2D eigenvalue weighted by molar-refractivity contribution is 7.89. The van der Waals surface area contributed by atoms with Gasteiger partial charge in [-0.15, -0.1) is 0 Å². The van der Waals surface area contributed by atoms with Gasteiger partial charge in [0.1, 0.15) is 6.20 Å². The molecule has 0 aliphatic carbocycles. The van der Waals surface area contributed by atoms with E-state index in [1.165, 1.54) is 12.1 Å². The van der Waals surface area contributed by atoms with Crippen LogP contribution in [-0.4, -0.2) is 18.2 Å². The number of benzene rings is 2. The zero-order valence-electron chi connectivity index (χ0n) is 11.0. The van der Waals surface area contributed by atoms with Crippen LogP contribution in [0.1, 0.15) is 0 Å². The summed E-state index contributed by atoms with van der Waals surface area (Å²) < 4.78 is 24.2. The lowest BCUT2D eigenvalue weighted by atomic mass is 10.1. The number of primary sulfonamides is 1. The summed E-state index contributed by atoms with van der Waals surface area (Å²) in [7, 11) is -3.69. The van der Waals surface area contributed by atoms with Gasteiger partial charge in [0.05, 0.1) is 16.3 Å². The first-order valence-corrected chi connectivity index (χ1v) is 7.75. The quantitative estimate of drug-likeness (QED) is 0.803. The molecule has 0 amide bonds. The van der Waals surface area contributed by atoms with Gasteiger partial charge < -0.3 is 0 Å². The first kappa shape index (κ1) is 13.5. The number of nitrogens with zero attached hydrogens (tertiary/aromatic N) is 2. The van der Waals surface area contributed by atoms with Gasteiger partial charge in [-0.1, -0.05) is 30.3 Å². The molecule has 0 aliphatic heterocycles. The van der Waals surface area contributed by atoms with Gasteiger partial charge >= 0.3 is 0 Å². The molecule has 0 unspecified atom stereocenters. The predicted octanol–water partition coefficient (Wildman–Crippen LogP) is 1.99. The second-order valence-corrected chi connectivity index (χ2v) is 6.04. The highest BCUT2D eigenvalue weighted by Crippen LogP contribution is 2.22. The third-order valence-electron chi connectivity index (χ3n) is 3.07. The summed E-state index contributed by atoms with van der Waals surface area (Å²) in [4.78, 5) is 0.0728. The van der Waals surface area contributed by atoms with E-state index >= 15 is 0 Å². The molecule has 0 saturated heterocycles. The number of nitrogens with two attached hydrogens (primary N) is 1. The molecule has 1 heterocycles. The number of sulfonamides is 1. The Morgan fingerprint density at radius 1 is 1.00 bits per heavy atom. The van der Waals surface area contributed by atoms with Crippen LogP contribution in [0.15, 0.2) is 65.6 Å². The number of hydrogen-bond acceptors (Lipinski definition) is 3. The zero-order valence-corrected chi connectivity index (χ0v) is 11.8. The Labute approximate surface area is 122 Å². The van der Waals surface area contributed by atoms with E-state index in [1.807, 2.05) is 30.3 Å². The van der Waals surface area contributed by atoms with Crippen molar-refractivity contribution in [3.8, 4) is 16.9 Å². The maximum atomic E-state index is 11.3. The Bertz CT molecular complexity index is 853. The van der Waals surface area contributed by atoms with E-state index in [2.05, 4.69) is 11.3 Å². The minimum Gasteiger partial charge on any atom is -0.232 e. The van der Waals surface area contributed by atoms with Crippen molar-refractivity contribution in [2.75, 3.05) is 0 Å². The molecule has 0 bridgehead atoms. The van der Waals surface area contributed by atoms with Crippen LogP contribution in [0.5, 0.6) is 0 Å². The average Bonchev–Trinajstić information content (AvgIpc) is 2.97. The Hall–Kier alpha value is -2.44. The van der Waals surface area contributed by atoms with Crippen LogP contribution < -0.4 is 5.14 Å².